The molecule has 1 fully saturated rings. The number of hydrogen-bond acceptors (Lipinski definition) is 3. The molecule has 0 unspecified atom stereocenters. The summed E-state index contributed by atoms with van der Waals surface area (Å²) in [7, 11) is 1.85. The van der Waals surface area contributed by atoms with Crippen LogP contribution >= 0.6 is 0 Å². The van der Waals surface area contributed by atoms with E-state index in [0.717, 1.165) is 64.6 Å². The Morgan fingerprint density at radius 2 is 1.80 bits per heavy atom. The monoisotopic (exact) mass is 407 g/mol. The van der Waals surface area contributed by atoms with E-state index in [-0.39, 0.29) is 5.56 Å². The fourth-order valence-corrected chi connectivity index (χ4v) is 3.63. The van der Waals surface area contributed by atoms with Gasteiger partial charge in [0.1, 0.15) is 0 Å². The summed E-state index contributed by atoms with van der Waals surface area (Å²) in [6, 6.07) is 15.7. The maximum atomic E-state index is 11.7. The van der Waals surface area contributed by atoms with E-state index in [0.29, 0.717) is 0 Å². The largest absolute Gasteiger partial charge is 0.356 e. The first-order chi connectivity index (χ1) is 14.8. The lowest BCUT2D eigenvalue weighted by atomic mass is 10.2. The molecule has 0 amide bonds. The molecule has 1 aliphatic rings. The Kier molecular flexibility index (Phi) is 8.72. The number of pyridine rings is 1. The first-order valence-electron chi connectivity index (χ1n) is 10.8. The number of nitrogens with zero attached hydrogens (tertiary/aromatic N) is 4. The maximum Gasteiger partial charge on any atom is 0.250 e. The second-order valence-electron chi connectivity index (χ2n) is 7.51. The number of benzene rings is 1. The second kappa shape index (κ2) is 12.0. The molecule has 0 bridgehead atoms. The summed E-state index contributed by atoms with van der Waals surface area (Å²) in [5.41, 5.74) is 1.32. The summed E-state index contributed by atoms with van der Waals surface area (Å²) < 4.78 is 1.76. The van der Waals surface area contributed by atoms with Gasteiger partial charge < -0.3 is 14.8 Å². The molecule has 1 aliphatic heterocycles. The van der Waals surface area contributed by atoms with Crippen LogP contribution in [0, 0.1) is 0 Å². The zero-order valence-corrected chi connectivity index (χ0v) is 17.9. The van der Waals surface area contributed by atoms with Crippen LogP contribution in [0.2, 0.25) is 0 Å². The molecule has 160 valence electrons. The molecule has 0 saturated carbocycles. The van der Waals surface area contributed by atoms with E-state index >= 15 is 0 Å². The third-order valence-corrected chi connectivity index (χ3v) is 5.37. The number of nitrogens with one attached hydrogen (secondary N) is 1. The lowest BCUT2D eigenvalue weighted by Gasteiger charge is -2.36. The SMILES string of the molecule is CN=C(NCCCCn1ccccc1=O)N1CCN(C/C=C/c2ccccc2)CC1. The minimum atomic E-state index is 0.0674. The summed E-state index contributed by atoms with van der Waals surface area (Å²) in [4.78, 5) is 21.0. The normalized spacial score (nSPS) is 15.6. The number of aromatic nitrogens is 1. The zero-order valence-electron chi connectivity index (χ0n) is 17.9. The Bertz CT molecular complexity index is 866. The Balaban J connectivity index is 1.33. The molecular formula is C24H33N5O. The van der Waals surface area contributed by atoms with E-state index in [9.17, 15) is 4.79 Å². The van der Waals surface area contributed by atoms with E-state index in [1.807, 2.05) is 25.4 Å². The van der Waals surface area contributed by atoms with Crippen molar-refractivity contribution in [2.24, 2.45) is 4.99 Å². The fraction of sp³-hybridized carbons (Fsp3) is 0.417. The van der Waals surface area contributed by atoms with Gasteiger partial charge >= 0.3 is 0 Å². The highest BCUT2D eigenvalue weighted by Gasteiger charge is 2.18. The van der Waals surface area contributed by atoms with Crippen LogP contribution in [0.25, 0.3) is 6.08 Å². The zero-order chi connectivity index (χ0) is 21.0. The van der Waals surface area contributed by atoms with Crippen molar-refractivity contribution in [3.8, 4) is 0 Å². The van der Waals surface area contributed by atoms with Gasteiger partial charge in [-0.05, 0) is 24.5 Å². The lowest BCUT2D eigenvalue weighted by molar-refractivity contribution is 0.194. The first-order valence-corrected chi connectivity index (χ1v) is 10.8. The number of guanidine groups is 1. The summed E-state index contributed by atoms with van der Waals surface area (Å²) in [5, 5.41) is 3.48. The third-order valence-electron chi connectivity index (χ3n) is 5.37. The average molecular weight is 408 g/mol. The lowest BCUT2D eigenvalue weighted by Crippen LogP contribution is -2.52. The molecule has 0 radical (unpaired) electrons. The summed E-state index contributed by atoms with van der Waals surface area (Å²) >= 11 is 0. The van der Waals surface area contributed by atoms with Gasteiger partial charge in [0.25, 0.3) is 0 Å². The summed E-state index contributed by atoms with van der Waals surface area (Å²) in [6.45, 7) is 6.65. The van der Waals surface area contributed by atoms with Crippen LogP contribution in [0.15, 0.2) is 70.6 Å². The Labute approximate surface area is 179 Å². The minimum Gasteiger partial charge on any atom is -0.356 e. The quantitative estimate of drug-likeness (QED) is 0.415. The molecule has 0 atom stereocenters. The third kappa shape index (κ3) is 6.88. The molecule has 30 heavy (non-hydrogen) atoms. The minimum absolute atomic E-state index is 0.0674. The molecule has 2 aromatic rings. The molecule has 2 heterocycles. The Morgan fingerprint density at radius 3 is 2.53 bits per heavy atom. The molecule has 1 saturated heterocycles. The highest BCUT2D eigenvalue weighted by Crippen LogP contribution is 2.05. The molecule has 6 nitrogen and oxygen atoms in total. The summed E-state index contributed by atoms with van der Waals surface area (Å²) in [6.07, 6.45) is 8.26. The van der Waals surface area contributed by atoms with Gasteiger partial charge in [0.05, 0.1) is 0 Å². The predicted molar refractivity (Wildman–Crippen MR) is 125 cm³/mol. The predicted octanol–water partition coefficient (Wildman–Crippen LogP) is 2.53. The molecule has 6 heteroatoms. The van der Waals surface area contributed by atoms with Gasteiger partial charge in [-0.25, -0.2) is 0 Å². The first kappa shape index (κ1) is 21.8. The molecule has 1 aromatic heterocycles. The van der Waals surface area contributed by atoms with Crippen molar-refractivity contribution in [2.75, 3.05) is 46.3 Å². The van der Waals surface area contributed by atoms with Gasteiger partial charge in [0.2, 0.25) is 5.56 Å². The molecule has 1 aromatic carbocycles. The van der Waals surface area contributed by atoms with Gasteiger partial charge in [-0.3, -0.25) is 14.7 Å². The van der Waals surface area contributed by atoms with Crippen LogP contribution < -0.4 is 10.9 Å². The highest BCUT2D eigenvalue weighted by molar-refractivity contribution is 5.79. The topological polar surface area (TPSA) is 52.9 Å². The van der Waals surface area contributed by atoms with Crippen LogP contribution in [0.5, 0.6) is 0 Å². The van der Waals surface area contributed by atoms with Gasteiger partial charge in [-0.1, -0.05) is 48.6 Å². The van der Waals surface area contributed by atoms with Crippen LogP contribution in [-0.4, -0.2) is 66.6 Å². The summed E-state index contributed by atoms with van der Waals surface area (Å²) in [5.74, 6) is 0.978. The number of aliphatic imine (C=N–C) groups is 1. The van der Waals surface area contributed by atoms with Crippen molar-refractivity contribution >= 4 is 12.0 Å². The Morgan fingerprint density at radius 1 is 1.03 bits per heavy atom. The van der Waals surface area contributed by atoms with E-state index in [2.05, 4.69) is 56.5 Å². The number of unbranched alkanes of at least 4 members (excludes halogenated alkanes) is 1. The second-order valence-corrected chi connectivity index (χ2v) is 7.51. The molecule has 3 rings (SSSR count). The van der Waals surface area contributed by atoms with Gasteiger partial charge in [-0.15, -0.1) is 0 Å². The van der Waals surface area contributed by atoms with Gasteiger partial charge in [0, 0.05) is 65.1 Å². The number of rotatable bonds is 8. The molecule has 0 aliphatic carbocycles. The number of aryl methyl sites for hydroxylation is 1. The van der Waals surface area contributed by atoms with Crippen molar-refractivity contribution < 1.29 is 0 Å². The molecule has 1 N–H and O–H groups in total. The van der Waals surface area contributed by atoms with Crippen molar-refractivity contribution in [1.29, 1.82) is 0 Å². The van der Waals surface area contributed by atoms with Crippen LogP contribution in [0.1, 0.15) is 18.4 Å². The van der Waals surface area contributed by atoms with Gasteiger partial charge in [0.15, 0.2) is 5.96 Å². The van der Waals surface area contributed by atoms with E-state index in [1.165, 1.54) is 5.56 Å². The van der Waals surface area contributed by atoms with Gasteiger partial charge in [-0.2, -0.15) is 0 Å². The number of hydrogen-bond donors (Lipinski definition) is 1. The maximum absolute atomic E-state index is 11.7. The Hall–Kier alpha value is -2.86. The fourth-order valence-electron chi connectivity index (χ4n) is 3.63. The van der Waals surface area contributed by atoms with Crippen molar-refractivity contribution in [3.63, 3.8) is 0 Å². The van der Waals surface area contributed by atoms with Crippen molar-refractivity contribution in [1.82, 2.24) is 19.7 Å². The highest BCUT2D eigenvalue weighted by atomic mass is 16.1. The smallest absolute Gasteiger partial charge is 0.250 e. The van der Waals surface area contributed by atoms with Crippen LogP contribution in [-0.2, 0) is 6.54 Å². The van der Waals surface area contributed by atoms with Crippen LogP contribution in [0.4, 0.5) is 0 Å². The number of piperazine rings is 1. The van der Waals surface area contributed by atoms with Crippen molar-refractivity contribution in [2.45, 2.75) is 19.4 Å². The van der Waals surface area contributed by atoms with E-state index in [4.69, 9.17) is 0 Å². The van der Waals surface area contributed by atoms with Crippen molar-refractivity contribution in [3.05, 3.63) is 76.7 Å². The van der Waals surface area contributed by atoms with Crippen LogP contribution in [0.3, 0.4) is 0 Å². The standard InChI is InChI=1S/C24H33N5O/c1-25-24(26-14-6-8-17-28-16-7-5-13-23(28)30)29-20-18-27(19-21-29)15-9-12-22-10-3-2-4-11-22/h2-5,7,9-13,16H,6,8,14-15,17-21H2,1H3,(H,25,26)/b12-9+. The average Bonchev–Trinajstić information content (AvgIpc) is 2.79. The van der Waals surface area contributed by atoms with E-state index < -0.39 is 0 Å². The molecular weight excluding hydrogens is 374 g/mol. The van der Waals surface area contributed by atoms with E-state index in [1.54, 1.807) is 16.7 Å². The molecule has 0 spiro atoms.